The first-order chi connectivity index (χ1) is 8.99. The Kier molecular flexibility index (Phi) is 6.28. The van der Waals surface area contributed by atoms with Crippen LogP contribution in [-0.4, -0.2) is 37.4 Å². The number of carbonyl (C=O) groups excluding carboxylic acids is 2. The van der Waals surface area contributed by atoms with Crippen molar-refractivity contribution in [1.29, 1.82) is 0 Å². The highest BCUT2D eigenvalue weighted by molar-refractivity contribution is 5.66. The predicted octanol–water partition coefficient (Wildman–Crippen LogP) is 1.93. The minimum atomic E-state index is -0.291. The van der Waals surface area contributed by atoms with Crippen molar-refractivity contribution in [2.24, 2.45) is 11.8 Å². The minimum Gasteiger partial charge on any atom is -0.465 e. The van der Waals surface area contributed by atoms with Gasteiger partial charge in [0.15, 0.2) is 0 Å². The Hall–Kier alpha value is -1.10. The summed E-state index contributed by atoms with van der Waals surface area (Å²) in [7, 11) is 0. The maximum absolute atomic E-state index is 11.0. The van der Waals surface area contributed by atoms with E-state index in [1.807, 2.05) is 13.8 Å². The molecule has 4 atom stereocenters. The molecule has 4 unspecified atom stereocenters. The van der Waals surface area contributed by atoms with Crippen LogP contribution in [0.5, 0.6) is 0 Å². The molecule has 0 amide bonds. The summed E-state index contributed by atoms with van der Waals surface area (Å²) in [6.45, 7) is 7.55. The molecule has 0 aromatic rings. The summed E-state index contributed by atoms with van der Waals surface area (Å²) in [4.78, 5) is 21.9. The normalized spacial score (nSPS) is 30.1. The largest absolute Gasteiger partial charge is 0.465 e. The monoisotopic (exact) mass is 272 g/mol. The molecule has 1 aliphatic heterocycles. The Labute approximate surface area is 114 Å². The molecule has 0 N–H and O–H groups in total. The zero-order chi connectivity index (χ0) is 14.4. The number of rotatable bonds is 6. The molecule has 19 heavy (non-hydrogen) atoms. The Morgan fingerprint density at radius 1 is 0.895 bits per heavy atom. The van der Waals surface area contributed by atoms with Gasteiger partial charge in [0.05, 0.1) is 25.4 Å². The molecule has 1 saturated heterocycles. The molecule has 1 fully saturated rings. The highest BCUT2D eigenvalue weighted by atomic mass is 16.6. The molecule has 1 rings (SSSR count). The molecule has 0 saturated carbocycles. The molecule has 1 heterocycles. The number of hydrogen-bond donors (Lipinski definition) is 0. The average Bonchev–Trinajstić information content (AvgIpc) is 2.70. The van der Waals surface area contributed by atoms with Gasteiger partial charge >= 0.3 is 11.9 Å². The Morgan fingerprint density at radius 3 is 1.53 bits per heavy atom. The number of ether oxygens (including phenoxy) is 3. The second kappa shape index (κ2) is 7.48. The topological polar surface area (TPSA) is 61.8 Å². The van der Waals surface area contributed by atoms with E-state index in [1.165, 1.54) is 13.8 Å². The summed E-state index contributed by atoms with van der Waals surface area (Å²) in [5, 5.41) is 0. The first-order valence-electron chi connectivity index (χ1n) is 6.91. The van der Waals surface area contributed by atoms with Crippen LogP contribution in [0.15, 0.2) is 0 Å². The number of hydrogen-bond acceptors (Lipinski definition) is 5. The van der Waals surface area contributed by atoms with E-state index in [2.05, 4.69) is 0 Å². The molecule has 0 spiro atoms. The fraction of sp³-hybridized carbons (Fsp3) is 0.857. The van der Waals surface area contributed by atoms with Gasteiger partial charge in [-0.1, -0.05) is 13.8 Å². The van der Waals surface area contributed by atoms with Gasteiger partial charge in [0, 0.05) is 25.7 Å². The van der Waals surface area contributed by atoms with Gasteiger partial charge in [-0.2, -0.15) is 0 Å². The average molecular weight is 272 g/mol. The van der Waals surface area contributed by atoms with E-state index in [-0.39, 0.29) is 36.0 Å². The van der Waals surface area contributed by atoms with Gasteiger partial charge in [-0.15, -0.1) is 0 Å². The van der Waals surface area contributed by atoms with Crippen molar-refractivity contribution in [2.45, 2.75) is 52.7 Å². The van der Waals surface area contributed by atoms with Crippen LogP contribution in [-0.2, 0) is 23.8 Å². The zero-order valence-electron chi connectivity index (χ0n) is 12.2. The third-order valence-electron chi connectivity index (χ3n) is 3.62. The molecule has 0 aromatic heterocycles. The lowest BCUT2D eigenvalue weighted by molar-refractivity contribution is -0.146. The second-order valence-corrected chi connectivity index (χ2v) is 4.96. The van der Waals surface area contributed by atoms with Crippen LogP contribution in [0.3, 0.4) is 0 Å². The third kappa shape index (κ3) is 4.49. The Morgan fingerprint density at radius 2 is 1.26 bits per heavy atom. The van der Waals surface area contributed by atoms with Crippen molar-refractivity contribution in [1.82, 2.24) is 0 Å². The summed E-state index contributed by atoms with van der Waals surface area (Å²) in [5.41, 5.74) is 0. The van der Waals surface area contributed by atoms with E-state index < -0.39 is 0 Å². The lowest BCUT2D eigenvalue weighted by Crippen LogP contribution is -2.31. The molecular formula is C14H24O5. The van der Waals surface area contributed by atoms with Crippen molar-refractivity contribution < 1.29 is 23.8 Å². The lowest BCUT2D eigenvalue weighted by Gasteiger charge is -2.22. The van der Waals surface area contributed by atoms with Crippen LogP contribution in [0.2, 0.25) is 0 Å². The van der Waals surface area contributed by atoms with E-state index in [4.69, 9.17) is 14.2 Å². The van der Waals surface area contributed by atoms with Crippen molar-refractivity contribution in [2.75, 3.05) is 13.2 Å². The highest BCUT2D eigenvalue weighted by Gasteiger charge is 2.43. The zero-order valence-corrected chi connectivity index (χ0v) is 12.2. The summed E-state index contributed by atoms with van der Waals surface area (Å²) in [6, 6.07) is 0. The maximum Gasteiger partial charge on any atom is 0.302 e. The molecule has 0 aromatic carbocycles. The van der Waals surface area contributed by atoms with Crippen molar-refractivity contribution in [3.05, 3.63) is 0 Å². The molecule has 5 nitrogen and oxygen atoms in total. The SMILES string of the molecule is CCC1OC(CC)C(COC(C)=O)C1COC(C)=O. The van der Waals surface area contributed by atoms with Gasteiger partial charge in [-0.3, -0.25) is 9.59 Å². The summed E-state index contributed by atoms with van der Waals surface area (Å²) in [5.74, 6) is -0.390. The van der Waals surface area contributed by atoms with Crippen LogP contribution in [0.4, 0.5) is 0 Å². The Balaban J connectivity index is 2.70. The minimum absolute atomic E-state index is 0.0601. The second-order valence-electron chi connectivity index (χ2n) is 4.96. The van der Waals surface area contributed by atoms with Gasteiger partial charge in [0.1, 0.15) is 0 Å². The van der Waals surface area contributed by atoms with E-state index in [0.717, 1.165) is 12.8 Å². The highest BCUT2D eigenvalue weighted by Crippen LogP contribution is 2.36. The molecule has 0 aliphatic carbocycles. The van der Waals surface area contributed by atoms with Gasteiger partial charge in [0.25, 0.3) is 0 Å². The first-order valence-corrected chi connectivity index (χ1v) is 6.91. The molecule has 0 radical (unpaired) electrons. The number of carbonyl (C=O) groups is 2. The quantitative estimate of drug-likeness (QED) is 0.691. The maximum atomic E-state index is 11.0. The molecule has 5 heteroatoms. The summed E-state index contributed by atoms with van der Waals surface area (Å²) >= 11 is 0. The fourth-order valence-corrected chi connectivity index (χ4v) is 2.66. The van der Waals surface area contributed by atoms with Gasteiger partial charge in [0.2, 0.25) is 0 Å². The van der Waals surface area contributed by atoms with E-state index >= 15 is 0 Å². The van der Waals surface area contributed by atoms with Crippen molar-refractivity contribution >= 4 is 11.9 Å². The van der Waals surface area contributed by atoms with Crippen LogP contribution in [0, 0.1) is 11.8 Å². The third-order valence-corrected chi connectivity index (χ3v) is 3.62. The fourth-order valence-electron chi connectivity index (χ4n) is 2.66. The lowest BCUT2D eigenvalue weighted by atomic mass is 9.86. The van der Waals surface area contributed by atoms with Crippen LogP contribution in [0.25, 0.3) is 0 Å². The van der Waals surface area contributed by atoms with E-state index in [1.54, 1.807) is 0 Å². The van der Waals surface area contributed by atoms with Crippen LogP contribution < -0.4 is 0 Å². The van der Waals surface area contributed by atoms with E-state index in [9.17, 15) is 9.59 Å². The standard InChI is InChI=1S/C14H24O5/c1-5-13-11(7-17-9(3)15)12(8-18-10(4)16)14(6-2)19-13/h11-14H,5-8H2,1-4H3. The van der Waals surface area contributed by atoms with Crippen LogP contribution >= 0.6 is 0 Å². The molecule has 110 valence electrons. The molecule has 1 aliphatic rings. The smallest absolute Gasteiger partial charge is 0.302 e. The van der Waals surface area contributed by atoms with Gasteiger partial charge in [-0.05, 0) is 12.8 Å². The van der Waals surface area contributed by atoms with Crippen molar-refractivity contribution in [3.63, 3.8) is 0 Å². The summed E-state index contributed by atoms with van der Waals surface area (Å²) in [6.07, 6.45) is 1.84. The summed E-state index contributed by atoms with van der Waals surface area (Å²) < 4.78 is 16.2. The first kappa shape index (κ1) is 16.0. The molecule has 0 bridgehead atoms. The van der Waals surface area contributed by atoms with Gasteiger partial charge in [-0.25, -0.2) is 0 Å². The van der Waals surface area contributed by atoms with Gasteiger partial charge < -0.3 is 14.2 Å². The predicted molar refractivity (Wildman–Crippen MR) is 69.5 cm³/mol. The van der Waals surface area contributed by atoms with E-state index in [0.29, 0.717) is 13.2 Å². The van der Waals surface area contributed by atoms with Crippen molar-refractivity contribution in [3.8, 4) is 0 Å². The number of esters is 2. The van der Waals surface area contributed by atoms with Crippen LogP contribution in [0.1, 0.15) is 40.5 Å². The Bertz CT molecular complexity index is 285. The molecular weight excluding hydrogens is 248 g/mol.